The fourth-order valence-corrected chi connectivity index (χ4v) is 0.689. The van der Waals surface area contributed by atoms with Crippen molar-refractivity contribution in [3.8, 4) is 0 Å². The molecule has 2 rings (SSSR count). The molecule has 0 saturated heterocycles. The number of aromatic nitrogens is 2. The minimum absolute atomic E-state index is 0.662. The molecule has 1 aromatic rings. The Kier molecular flexibility index (Phi) is 0.542. The van der Waals surface area contributed by atoms with E-state index in [1.54, 1.807) is 6.33 Å². The molecule has 0 aliphatic carbocycles. The van der Waals surface area contributed by atoms with Crippen molar-refractivity contribution in [1.82, 2.24) is 9.97 Å². The third-order valence-electron chi connectivity index (χ3n) is 1.09. The molecule has 4 heteroatoms. The number of azo groups is 1. The van der Waals surface area contributed by atoms with Gasteiger partial charge in [0.1, 0.15) is 6.54 Å². The van der Waals surface area contributed by atoms with Gasteiger partial charge in [-0.05, 0) is 0 Å². The Hall–Kier alpha value is -1.19. The maximum atomic E-state index is 3.88. The number of hydrogen-bond acceptors (Lipinski definition) is 3. The van der Waals surface area contributed by atoms with Crippen LogP contribution in [0.2, 0.25) is 0 Å². The van der Waals surface area contributed by atoms with Gasteiger partial charge in [0.15, 0.2) is 5.82 Å². The summed E-state index contributed by atoms with van der Waals surface area (Å²) in [7, 11) is 0. The third-order valence-corrected chi connectivity index (χ3v) is 1.09. The van der Waals surface area contributed by atoms with Gasteiger partial charge in [0.05, 0.1) is 12.0 Å². The van der Waals surface area contributed by atoms with Gasteiger partial charge in [-0.25, -0.2) is 4.98 Å². The van der Waals surface area contributed by atoms with Crippen LogP contribution >= 0.6 is 0 Å². The molecule has 4 nitrogen and oxygen atoms in total. The second-order valence-corrected chi connectivity index (χ2v) is 1.60. The van der Waals surface area contributed by atoms with Crippen molar-refractivity contribution in [3.63, 3.8) is 0 Å². The van der Waals surface area contributed by atoms with Crippen LogP contribution in [0.5, 0.6) is 0 Å². The lowest BCUT2D eigenvalue weighted by molar-refractivity contribution is 0.988. The SMILES string of the molecule is c1nc2c([nH]1)CN=N2. The van der Waals surface area contributed by atoms with Gasteiger partial charge in [-0.15, -0.1) is 5.11 Å². The number of imidazole rings is 1. The molecule has 0 radical (unpaired) electrons. The van der Waals surface area contributed by atoms with Gasteiger partial charge in [-0.3, -0.25) is 0 Å². The Morgan fingerprint density at radius 2 is 2.62 bits per heavy atom. The normalized spacial score (nSPS) is 14.5. The highest BCUT2D eigenvalue weighted by Gasteiger charge is 2.07. The van der Waals surface area contributed by atoms with E-state index in [1.807, 2.05) is 0 Å². The van der Waals surface area contributed by atoms with Crippen LogP contribution in [-0.4, -0.2) is 9.97 Å². The van der Waals surface area contributed by atoms with E-state index in [9.17, 15) is 0 Å². The van der Waals surface area contributed by atoms with Crippen LogP contribution in [0.3, 0.4) is 0 Å². The smallest absolute Gasteiger partial charge is 0.196 e. The quantitative estimate of drug-likeness (QED) is 0.529. The maximum absolute atomic E-state index is 3.88. The van der Waals surface area contributed by atoms with Crippen molar-refractivity contribution in [2.24, 2.45) is 10.2 Å². The highest BCUT2D eigenvalue weighted by Crippen LogP contribution is 2.20. The molecule has 2 heterocycles. The number of hydrogen-bond donors (Lipinski definition) is 1. The van der Waals surface area contributed by atoms with Crippen molar-refractivity contribution >= 4 is 5.82 Å². The van der Waals surface area contributed by atoms with Gasteiger partial charge in [0.25, 0.3) is 0 Å². The average molecular weight is 108 g/mol. The minimum atomic E-state index is 0.662. The second-order valence-electron chi connectivity index (χ2n) is 1.60. The Balaban J connectivity index is 2.67. The van der Waals surface area contributed by atoms with E-state index in [1.165, 1.54) is 0 Å². The van der Waals surface area contributed by atoms with Crippen molar-refractivity contribution in [2.45, 2.75) is 6.54 Å². The van der Waals surface area contributed by atoms with Crippen molar-refractivity contribution < 1.29 is 0 Å². The van der Waals surface area contributed by atoms with Crippen LogP contribution in [0.15, 0.2) is 16.6 Å². The summed E-state index contributed by atoms with van der Waals surface area (Å²) in [5.74, 6) is 0.741. The molecule has 1 N–H and O–H groups in total. The summed E-state index contributed by atoms with van der Waals surface area (Å²) in [5, 5.41) is 7.48. The Morgan fingerprint density at radius 3 is 3.50 bits per heavy atom. The molecule has 1 aliphatic heterocycles. The number of H-pyrrole nitrogens is 1. The van der Waals surface area contributed by atoms with Gasteiger partial charge in [0.2, 0.25) is 0 Å². The fourth-order valence-electron chi connectivity index (χ4n) is 0.689. The first-order valence-corrected chi connectivity index (χ1v) is 2.36. The molecule has 0 unspecified atom stereocenters. The summed E-state index contributed by atoms with van der Waals surface area (Å²) in [4.78, 5) is 6.80. The molecule has 0 spiro atoms. The number of nitrogens with one attached hydrogen (secondary N) is 1. The molecule has 0 fully saturated rings. The topological polar surface area (TPSA) is 53.4 Å². The first-order valence-electron chi connectivity index (χ1n) is 2.36. The monoisotopic (exact) mass is 108 g/mol. The summed E-state index contributed by atoms with van der Waals surface area (Å²) in [6.45, 7) is 0.662. The standard InChI is InChI=1S/C4H4N4/c1-3-4(8-7-1)6-2-5-3/h2H,1H2,(H,5,6). The predicted octanol–water partition coefficient (Wildman–Crippen LogP) is 1.01. The van der Waals surface area contributed by atoms with E-state index in [0.29, 0.717) is 6.54 Å². The lowest BCUT2D eigenvalue weighted by Crippen LogP contribution is -1.71. The van der Waals surface area contributed by atoms with Crippen LogP contribution < -0.4 is 0 Å². The van der Waals surface area contributed by atoms with Gasteiger partial charge in [-0.1, -0.05) is 0 Å². The Morgan fingerprint density at radius 1 is 1.62 bits per heavy atom. The Labute approximate surface area is 45.7 Å². The van der Waals surface area contributed by atoms with Crippen molar-refractivity contribution in [3.05, 3.63) is 12.0 Å². The van der Waals surface area contributed by atoms with Crippen LogP contribution in [0.4, 0.5) is 5.82 Å². The van der Waals surface area contributed by atoms with Crippen LogP contribution in [0, 0.1) is 0 Å². The average Bonchev–Trinajstić information content (AvgIpc) is 2.15. The van der Waals surface area contributed by atoms with Crippen molar-refractivity contribution in [2.75, 3.05) is 0 Å². The zero-order valence-corrected chi connectivity index (χ0v) is 4.13. The molecule has 0 atom stereocenters. The van der Waals surface area contributed by atoms with Crippen LogP contribution in [0.1, 0.15) is 5.69 Å². The second kappa shape index (κ2) is 1.15. The van der Waals surface area contributed by atoms with E-state index < -0.39 is 0 Å². The van der Waals surface area contributed by atoms with E-state index in [0.717, 1.165) is 11.5 Å². The van der Waals surface area contributed by atoms with Gasteiger partial charge in [-0.2, -0.15) is 5.11 Å². The number of fused-ring (bicyclic) bond motifs is 1. The summed E-state index contributed by atoms with van der Waals surface area (Å²) in [6, 6.07) is 0. The molecule has 0 aromatic carbocycles. The highest BCUT2D eigenvalue weighted by molar-refractivity contribution is 5.34. The molecular weight excluding hydrogens is 104 g/mol. The molecule has 0 amide bonds. The van der Waals surface area contributed by atoms with Crippen LogP contribution in [0.25, 0.3) is 0 Å². The molecule has 1 aromatic heterocycles. The minimum Gasteiger partial charge on any atom is -0.345 e. The molecule has 8 heavy (non-hydrogen) atoms. The van der Waals surface area contributed by atoms with Crippen LogP contribution in [-0.2, 0) is 6.54 Å². The third kappa shape index (κ3) is 0.318. The lowest BCUT2D eigenvalue weighted by Gasteiger charge is -1.75. The molecule has 1 aliphatic rings. The van der Waals surface area contributed by atoms with Gasteiger partial charge < -0.3 is 4.98 Å². The van der Waals surface area contributed by atoms with Gasteiger partial charge in [0, 0.05) is 0 Å². The number of nitrogens with zero attached hydrogens (tertiary/aromatic N) is 3. The van der Waals surface area contributed by atoms with E-state index in [2.05, 4.69) is 20.2 Å². The zero-order valence-electron chi connectivity index (χ0n) is 4.13. The summed E-state index contributed by atoms with van der Waals surface area (Å²) >= 11 is 0. The molecule has 0 saturated carbocycles. The van der Waals surface area contributed by atoms with E-state index in [4.69, 9.17) is 0 Å². The molecule has 0 bridgehead atoms. The predicted molar refractivity (Wildman–Crippen MR) is 26.8 cm³/mol. The fraction of sp³-hybridized carbons (Fsp3) is 0.250. The van der Waals surface area contributed by atoms with Crippen molar-refractivity contribution in [1.29, 1.82) is 0 Å². The Bertz CT molecular complexity index is 224. The maximum Gasteiger partial charge on any atom is 0.196 e. The largest absolute Gasteiger partial charge is 0.345 e. The first-order chi connectivity index (χ1) is 3.97. The molecular formula is C4H4N4. The summed E-state index contributed by atoms with van der Waals surface area (Å²) in [5.41, 5.74) is 1.02. The number of aromatic amines is 1. The van der Waals surface area contributed by atoms with E-state index in [-0.39, 0.29) is 0 Å². The lowest BCUT2D eigenvalue weighted by atomic mass is 10.5. The summed E-state index contributed by atoms with van der Waals surface area (Å²) in [6.07, 6.45) is 1.63. The zero-order chi connectivity index (χ0) is 5.40. The first kappa shape index (κ1) is 3.77. The number of rotatable bonds is 0. The molecule has 40 valence electrons. The summed E-state index contributed by atoms with van der Waals surface area (Å²) < 4.78 is 0. The highest BCUT2D eigenvalue weighted by atomic mass is 15.2. The van der Waals surface area contributed by atoms with Gasteiger partial charge >= 0.3 is 0 Å². The van der Waals surface area contributed by atoms with E-state index >= 15 is 0 Å².